The van der Waals surface area contributed by atoms with Crippen LogP contribution in [0.1, 0.15) is 64.8 Å². The third-order valence-electron chi connectivity index (χ3n) is 8.18. The summed E-state index contributed by atoms with van der Waals surface area (Å²) in [7, 11) is 0. The SMILES string of the molecule is O=C(N[C@@H](CNC(=O)[C@@H]1CCCN(CCCc2ccc3c(n2)NCCC3)C1)C(=O)O)c1ccc2c(c1)CCC2. The number of hydrogen-bond acceptors (Lipinski definition) is 6. The molecule has 2 aliphatic heterocycles. The number of hydrogen-bond donors (Lipinski definition) is 4. The normalized spacial score (nSPS) is 19.3. The second-order valence-corrected chi connectivity index (χ2v) is 11.0. The number of fused-ring (bicyclic) bond motifs is 2. The minimum atomic E-state index is -1.19. The third-order valence-corrected chi connectivity index (χ3v) is 8.18. The van der Waals surface area contributed by atoms with Crippen LogP contribution in [-0.4, -0.2) is 71.5 Å². The smallest absolute Gasteiger partial charge is 0.328 e. The number of aromatic nitrogens is 1. The molecule has 39 heavy (non-hydrogen) atoms. The van der Waals surface area contributed by atoms with Gasteiger partial charge in [0.15, 0.2) is 0 Å². The molecule has 1 fully saturated rings. The van der Waals surface area contributed by atoms with Crippen LogP contribution in [0.4, 0.5) is 5.82 Å². The highest BCUT2D eigenvalue weighted by atomic mass is 16.4. The van der Waals surface area contributed by atoms with E-state index in [1.54, 1.807) is 6.07 Å². The first-order valence-corrected chi connectivity index (χ1v) is 14.3. The molecule has 9 heteroatoms. The topological polar surface area (TPSA) is 124 Å². The van der Waals surface area contributed by atoms with Crippen molar-refractivity contribution in [1.82, 2.24) is 20.5 Å². The Hall–Kier alpha value is -3.46. The van der Waals surface area contributed by atoms with Gasteiger partial charge >= 0.3 is 5.97 Å². The second kappa shape index (κ2) is 12.6. The van der Waals surface area contributed by atoms with Crippen molar-refractivity contribution in [3.8, 4) is 0 Å². The van der Waals surface area contributed by atoms with E-state index in [4.69, 9.17) is 4.98 Å². The summed E-state index contributed by atoms with van der Waals surface area (Å²) in [6.45, 7) is 3.35. The number of amides is 2. The Kier molecular flexibility index (Phi) is 8.76. The van der Waals surface area contributed by atoms with Crippen molar-refractivity contribution < 1.29 is 19.5 Å². The first-order chi connectivity index (χ1) is 19.0. The third kappa shape index (κ3) is 6.95. The summed E-state index contributed by atoms with van der Waals surface area (Å²) in [4.78, 5) is 44.6. The number of carbonyl (C=O) groups is 3. The molecule has 2 aromatic rings. The highest BCUT2D eigenvalue weighted by Crippen LogP contribution is 2.23. The van der Waals surface area contributed by atoms with Crippen molar-refractivity contribution in [2.24, 2.45) is 5.92 Å². The monoisotopic (exact) mass is 533 g/mol. The molecule has 0 radical (unpaired) electrons. The van der Waals surface area contributed by atoms with Gasteiger partial charge in [0.2, 0.25) is 5.91 Å². The molecule has 1 aromatic heterocycles. The number of likely N-dealkylation sites (tertiary alicyclic amines) is 1. The van der Waals surface area contributed by atoms with Gasteiger partial charge in [0.05, 0.1) is 5.92 Å². The Morgan fingerprint density at radius 3 is 2.74 bits per heavy atom. The zero-order valence-corrected chi connectivity index (χ0v) is 22.5. The molecule has 208 valence electrons. The number of carbonyl (C=O) groups excluding carboxylic acids is 2. The van der Waals surface area contributed by atoms with Crippen molar-refractivity contribution >= 4 is 23.6 Å². The predicted molar refractivity (Wildman–Crippen MR) is 149 cm³/mol. The summed E-state index contributed by atoms with van der Waals surface area (Å²) >= 11 is 0. The Balaban J connectivity index is 1.07. The zero-order chi connectivity index (χ0) is 27.2. The van der Waals surface area contributed by atoms with E-state index in [2.05, 4.69) is 33.0 Å². The highest BCUT2D eigenvalue weighted by Gasteiger charge is 2.28. The number of pyridine rings is 1. The summed E-state index contributed by atoms with van der Waals surface area (Å²) < 4.78 is 0. The number of aryl methyl sites for hydroxylation is 4. The van der Waals surface area contributed by atoms with Crippen LogP contribution in [0, 0.1) is 5.92 Å². The summed E-state index contributed by atoms with van der Waals surface area (Å²) in [5.74, 6) is -0.913. The van der Waals surface area contributed by atoms with Crippen molar-refractivity contribution in [2.45, 2.75) is 63.8 Å². The quantitative estimate of drug-likeness (QED) is 0.370. The number of rotatable bonds is 10. The van der Waals surface area contributed by atoms with E-state index in [1.807, 2.05) is 12.1 Å². The van der Waals surface area contributed by atoms with Crippen LogP contribution in [0.5, 0.6) is 0 Å². The van der Waals surface area contributed by atoms with E-state index >= 15 is 0 Å². The lowest BCUT2D eigenvalue weighted by Crippen LogP contribution is -2.51. The Morgan fingerprint density at radius 1 is 1.05 bits per heavy atom. The van der Waals surface area contributed by atoms with E-state index in [0.29, 0.717) is 12.1 Å². The fraction of sp³-hybridized carbons (Fsp3) is 0.533. The molecule has 5 rings (SSSR count). The summed E-state index contributed by atoms with van der Waals surface area (Å²) in [6.07, 6.45) is 8.84. The van der Waals surface area contributed by atoms with Crippen LogP contribution in [-0.2, 0) is 35.3 Å². The molecule has 3 aliphatic rings. The van der Waals surface area contributed by atoms with E-state index in [-0.39, 0.29) is 18.4 Å². The van der Waals surface area contributed by atoms with Crippen LogP contribution >= 0.6 is 0 Å². The van der Waals surface area contributed by atoms with Crippen molar-refractivity contribution in [3.63, 3.8) is 0 Å². The lowest BCUT2D eigenvalue weighted by molar-refractivity contribution is -0.139. The van der Waals surface area contributed by atoms with Crippen molar-refractivity contribution in [2.75, 3.05) is 38.0 Å². The molecule has 2 atom stereocenters. The summed E-state index contributed by atoms with van der Waals surface area (Å²) in [5.41, 5.74) is 5.25. The first-order valence-electron chi connectivity index (χ1n) is 14.3. The number of aliphatic carboxylic acids is 1. The van der Waals surface area contributed by atoms with E-state index in [9.17, 15) is 19.5 Å². The maximum absolute atomic E-state index is 12.9. The van der Waals surface area contributed by atoms with Crippen LogP contribution in [0.3, 0.4) is 0 Å². The Morgan fingerprint density at radius 2 is 1.87 bits per heavy atom. The average molecular weight is 534 g/mol. The van der Waals surface area contributed by atoms with Gasteiger partial charge in [-0.15, -0.1) is 0 Å². The molecule has 0 spiro atoms. The Labute approximate surface area is 229 Å². The summed E-state index contributed by atoms with van der Waals surface area (Å²) in [6, 6.07) is 8.66. The highest BCUT2D eigenvalue weighted by molar-refractivity contribution is 5.97. The molecular formula is C30H39N5O4. The molecule has 2 amide bonds. The largest absolute Gasteiger partial charge is 0.480 e. The molecule has 0 saturated carbocycles. The molecule has 4 N–H and O–H groups in total. The van der Waals surface area contributed by atoms with Crippen LogP contribution < -0.4 is 16.0 Å². The van der Waals surface area contributed by atoms with Gasteiger partial charge in [0.25, 0.3) is 5.91 Å². The first kappa shape index (κ1) is 27.1. The van der Waals surface area contributed by atoms with Gasteiger partial charge in [-0.3, -0.25) is 9.59 Å². The Bertz CT molecular complexity index is 1220. The number of benzene rings is 1. The predicted octanol–water partition coefficient (Wildman–Crippen LogP) is 2.57. The second-order valence-electron chi connectivity index (χ2n) is 11.0. The maximum atomic E-state index is 12.9. The van der Waals surface area contributed by atoms with Gasteiger partial charge in [-0.05, 0) is 106 Å². The van der Waals surface area contributed by atoms with Crippen molar-refractivity contribution in [1.29, 1.82) is 0 Å². The number of piperidine rings is 1. The maximum Gasteiger partial charge on any atom is 0.328 e. The molecule has 1 aromatic carbocycles. The average Bonchev–Trinajstić information content (AvgIpc) is 3.43. The summed E-state index contributed by atoms with van der Waals surface area (Å²) in [5, 5.41) is 18.4. The number of nitrogens with zero attached hydrogens (tertiary/aromatic N) is 2. The molecule has 9 nitrogen and oxygen atoms in total. The van der Waals surface area contributed by atoms with Crippen molar-refractivity contribution in [3.05, 3.63) is 58.3 Å². The van der Waals surface area contributed by atoms with Crippen LogP contribution in [0.2, 0.25) is 0 Å². The number of carboxylic acid groups (broad SMARTS) is 1. The van der Waals surface area contributed by atoms with E-state index < -0.39 is 17.9 Å². The van der Waals surface area contributed by atoms with Gasteiger partial charge in [-0.1, -0.05) is 12.1 Å². The fourth-order valence-corrected chi connectivity index (χ4v) is 5.97. The minimum absolute atomic E-state index is 0.140. The van der Waals surface area contributed by atoms with Gasteiger partial charge in [0.1, 0.15) is 11.9 Å². The molecule has 1 aliphatic carbocycles. The minimum Gasteiger partial charge on any atom is -0.480 e. The fourth-order valence-electron chi connectivity index (χ4n) is 5.97. The molecule has 1 saturated heterocycles. The number of anilines is 1. The van der Waals surface area contributed by atoms with Gasteiger partial charge < -0.3 is 26.0 Å². The molecule has 0 bridgehead atoms. The van der Waals surface area contributed by atoms with Gasteiger partial charge in [-0.2, -0.15) is 0 Å². The zero-order valence-electron chi connectivity index (χ0n) is 22.5. The van der Waals surface area contributed by atoms with Gasteiger partial charge in [-0.25, -0.2) is 9.78 Å². The number of carboxylic acids is 1. The van der Waals surface area contributed by atoms with E-state index in [0.717, 1.165) is 94.5 Å². The van der Waals surface area contributed by atoms with E-state index in [1.165, 1.54) is 11.1 Å². The van der Waals surface area contributed by atoms with Gasteiger partial charge in [0, 0.05) is 30.9 Å². The standard InChI is InChI=1S/C30H39N5O4/c36-28(32-18-26(30(38)39)34-29(37)23-11-10-20-5-1-6-22(20)17-23)24-8-3-15-35(19-24)16-4-9-25-13-12-21-7-2-14-31-27(21)33-25/h10-13,17,24,26H,1-9,14-16,18-19H2,(H,31,33)(H,32,36)(H,34,37)(H,38,39)/t24-,26+/m1/s1. The lowest BCUT2D eigenvalue weighted by Gasteiger charge is -2.32. The molecule has 0 unspecified atom stereocenters. The van der Waals surface area contributed by atoms with Crippen LogP contribution in [0.25, 0.3) is 0 Å². The molecule has 3 heterocycles. The molecular weight excluding hydrogens is 494 g/mol. The lowest BCUT2D eigenvalue weighted by atomic mass is 9.96. The number of nitrogens with one attached hydrogen (secondary N) is 3. The van der Waals surface area contributed by atoms with Crippen LogP contribution in [0.15, 0.2) is 30.3 Å².